The number of anilines is 2. The number of carbonyl (C=O) groups is 1. The van der Waals surface area contributed by atoms with Crippen molar-refractivity contribution < 1.29 is 9.53 Å². The summed E-state index contributed by atoms with van der Waals surface area (Å²) >= 11 is 0. The van der Waals surface area contributed by atoms with E-state index >= 15 is 0 Å². The molecule has 0 radical (unpaired) electrons. The second-order valence-corrected chi connectivity index (χ2v) is 6.71. The molecule has 0 saturated carbocycles. The molecule has 0 saturated heterocycles. The largest absolute Gasteiger partial charge is 0.494 e. The Balaban J connectivity index is 1.63. The molecule has 2 aromatic rings. The number of urea groups is 1. The van der Waals surface area contributed by atoms with Gasteiger partial charge in [-0.15, -0.1) is 0 Å². The molecule has 0 aliphatic carbocycles. The zero-order chi connectivity index (χ0) is 18.4. The first-order valence-corrected chi connectivity index (χ1v) is 9.32. The average molecular weight is 353 g/mol. The predicted molar refractivity (Wildman–Crippen MR) is 106 cm³/mol. The summed E-state index contributed by atoms with van der Waals surface area (Å²) in [4.78, 5) is 13.4. The van der Waals surface area contributed by atoms with Gasteiger partial charge >= 0.3 is 6.03 Å². The van der Waals surface area contributed by atoms with Gasteiger partial charge < -0.3 is 20.7 Å². The minimum absolute atomic E-state index is 0.532. The van der Waals surface area contributed by atoms with Crippen molar-refractivity contribution in [3.8, 4) is 5.75 Å². The van der Waals surface area contributed by atoms with Crippen LogP contribution in [0.3, 0.4) is 0 Å². The number of carbonyl (C=O) groups excluding carboxylic acids is 1. The molecule has 0 aromatic heterocycles. The van der Waals surface area contributed by atoms with Gasteiger partial charge in [-0.2, -0.15) is 0 Å². The lowest BCUT2D eigenvalue weighted by Gasteiger charge is -2.20. The summed E-state index contributed by atoms with van der Waals surface area (Å²) < 4.78 is 5.86. The molecular formula is C21H27N3O2. The first-order chi connectivity index (χ1) is 12.7. The molecule has 1 aliphatic heterocycles. The van der Waals surface area contributed by atoms with E-state index in [0.717, 1.165) is 44.0 Å². The molecule has 0 spiro atoms. The number of amides is 2. The molecular weight excluding hydrogens is 326 g/mol. The molecule has 2 aromatic carbocycles. The van der Waals surface area contributed by atoms with Gasteiger partial charge in [-0.1, -0.05) is 31.9 Å². The molecule has 3 rings (SSSR count). The van der Waals surface area contributed by atoms with Crippen molar-refractivity contribution in [1.29, 1.82) is 0 Å². The molecule has 1 aliphatic rings. The van der Waals surface area contributed by atoms with E-state index in [4.69, 9.17) is 10.5 Å². The Hall–Kier alpha value is -2.69. The third-order valence-electron chi connectivity index (χ3n) is 4.63. The van der Waals surface area contributed by atoms with E-state index in [0.29, 0.717) is 0 Å². The van der Waals surface area contributed by atoms with Crippen molar-refractivity contribution in [2.24, 2.45) is 5.73 Å². The lowest BCUT2D eigenvalue weighted by Crippen LogP contribution is -2.20. The van der Waals surface area contributed by atoms with Gasteiger partial charge in [-0.25, -0.2) is 4.79 Å². The summed E-state index contributed by atoms with van der Waals surface area (Å²) in [6.45, 7) is 4.79. The summed E-state index contributed by atoms with van der Waals surface area (Å²) in [7, 11) is 0. The van der Waals surface area contributed by atoms with Gasteiger partial charge in [-0.3, -0.25) is 0 Å². The molecule has 0 atom stereocenters. The standard InChI is InChI=1S/C21H27N3O2/c1-2-3-4-12-26-19-7-5-6-16(13-19)15-24-11-10-17-14-18(23-21(22)25)8-9-20(17)24/h5-9,13-14H,2-4,10-12,15H2,1H3,(H3,22,23,25). The number of primary amides is 1. The van der Waals surface area contributed by atoms with Gasteiger partial charge in [0, 0.05) is 24.5 Å². The molecule has 5 nitrogen and oxygen atoms in total. The zero-order valence-electron chi connectivity index (χ0n) is 15.3. The molecule has 3 N–H and O–H groups in total. The fraction of sp³-hybridized carbons (Fsp3) is 0.381. The number of hydrogen-bond acceptors (Lipinski definition) is 3. The number of nitrogens with two attached hydrogens (primary N) is 1. The van der Waals surface area contributed by atoms with Crippen LogP contribution in [-0.4, -0.2) is 19.2 Å². The molecule has 0 fully saturated rings. The van der Waals surface area contributed by atoms with Crippen LogP contribution < -0.4 is 20.7 Å². The van der Waals surface area contributed by atoms with Gasteiger partial charge in [0.25, 0.3) is 0 Å². The van der Waals surface area contributed by atoms with E-state index in [2.05, 4.69) is 41.4 Å². The van der Waals surface area contributed by atoms with Crippen LogP contribution >= 0.6 is 0 Å². The van der Waals surface area contributed by atoms with Gasteiger partial charge in [0.2, 0.25) is 0 Å². The van der Waals surface area contributed by atoms with Crippen LogP contribution in [0.25, 0.3) is 0 Å². The van der Waals surface area contributed by atoms with Gasteiger partial charge in [0.15, 0.2) is 0 Å². The van der Waals surface area contributed by atoms with Crippen molar-refractivity contribution >= 4 is 17.4 Å². The van der Waals surface area contributed by atoms with E-state index in [1.165, 1.54) is 29.7 Å². The van der Waals surface area contributed by atoms with Gasteiger partial charge in [0.1, 0.15) is 5.75 Å². The van der Waals surface area contributed by atoms with Crippen LogP contribution in [0.15, 0.2) is 42.5 Å². The second-order valence-electron chi connectivity index (χ2n) is 6.71. The first kappa shape index (κ1) is 18.1. The number of hydrogen-bond donors (Lipinski definition) is 2. The molecule has 5 heteroatoms. The van der Waals surface area contributed by atoms with E-state index in [1.807, 2.05) is 18.2 Å². The Kier molecular flexibility index (Phi) is 6.00. The Morgan fingerprint density at radius 2 is 2.12 bits per heavy atom. The maximum Gasteiger partial charge on any atom is 0.316 e. The Morgan fingerprint density at radius 3 is 2.92 bits per heavy atom. The summed E-state index contributed by atoms with van der Waals surface area (Å²) in [5.74, 6) is 0.944. The Labute approximate surface area is 155 Å². The maximum absolute atomic E-state index is 11.0. The van der Waals surface area contributed by atoms with Crippen molar-refractivity contribution in [3.05, 3.63) is 53.6 Å². The fourth-order valence-electron chi connectivity index (χ4n) is 3.35. The van der Waals surface area contributed by atoms with Crippen LogP contribution in [-0.2, 0) is 13.0 Å². The van der Waals surface area contributed by atoms with Crippen molar-refractivity contribution in [2.75, 3.05) is 23.4 Å². The third kappa shape index (κ3) is 4.69. The Bertz CT molecular complexity index is 761. The van der Waals surface area contributed by atoms with E-state index in [-0.39, 0.29) is 0 Å². The molecule has 138 valence electrons. The van der Waals surface area contributed by atoms with Crippen molar-refractivity contribution in [2.45, 2.75) is 39.2 Å². The molecule has 1 heterocycles. The highest BCUT2D eigenvalue weighted by atomic mass is 16.5. The second kappa shape index (κ2) is 8.61. The monoisotopic (exact) mass is 353 g/mol. The van der Waals surface area contributed by atoms with Gasteiger partial charge in [0.05, 0.1) is 6.61 Å². The molecule has 2 amide bonds. The number of ether oxygens (including phenoxy) is 1. The molecule has 0 bridgehead atoms. The number of nitrogens with zero attached hydrogens (tertiary/aromatic N) is 1. The number of nitrogens with one attached hydrogen (secondary N) is 1. The number of fused-ring (bicyclic) bond motifs is 1. The minimum Gasteiger partial charge on any atom is -0.494 e. The number of rotatable bonds is 8. The van der Waals surface area contributed by atoms with Crippen LogP contribution in [0.1, 0.15) is 37.3 Å². The molecule has 26 heavy (non-hydrogen) atoms. The summed E-state index contributed by atoms with van der Waals surface area (Å²) in [6, 6.07) is 13.8. The normalized spacial score (nSPS) is 12.7. The summed E-state index contributed by atoms with van der Waals surface area (Å²) in [6.07, 6.45) is 4.48. The average Bonchev–Trinajstić information content (AvgIpc) is 3.01. The third-order valence-corrected chi connectivity index (χ3v) is 4.63. The van der Waals surface area contributed by atoms with Crippen LogP contribution in [0.2, 0.25) is 0 Å². The lowest BCUT2D eigenvalue weighted by molar-refractivity contribution is 0.259. The van der Waals surface area contributed by atoms with Gasteiger partial charge in [-0.05, 0) is 54.3 Å². The minimum atomic E-state index is -0.532. The predicted octanol–water partition coefficient (Wildman–Crippen LogP) is 4.31. The summed E-state index contributed by atoms with van der Waals surface area (Å²) in [5, 5.41) is 2.64. The van der Waals surface area contributed by atoms with Crippen LogP contribution in [0, 0.1) is 0 Å². The van der Waals surface area contributed by atoms with E-state index in [9.17, 15) is 4.79 Å². The number of benzene rings is 2. The highest BCUT2D eigenvalue weighted by Gasteiger charge is 2.19. The number of unbranched alkanes of at least 4 members (excludes halogenated alkanes) is 2. The zero-order valence-corrected chi connectivity index (χ0v) is 15.3. The van der Waals surface area contributed by atoms with E-state index in [1.54, 1.807) is 0 Å². The maximum atomic E-state index is 11.0. The van der Waals surface area contributed by atoms with Crippen LogP contribution in [0.5, 0.6) is 5.75 Å². The fourth-order valence-corrected chi connectivity index (χ4v) is 3.35. The highest BCUT2D eigenvalue weighted by Crippen LogP contribution is 2.32. The van der Waals surface area contributed by atoms with Crippen molar-refractivity contribution in [1.82, 2.24) is 0 Å². The van der Waals surface area contributed by atoms with Crippen LogP contribution in [0.4, 0.5) is 16.2 Å². The van der Waals surface area contributed by atoms with E-state index < -0.39 is 6.03 Å². The Morgan fingerprint density at radius 1 is 1.23 bits per heavy atom. The SMILES string of the molecule is CCCCCOc1cccc(CN2CCc3cc(NC(N)=O)ccc32)c1. The topological polar surface area (TPSA) is 67.6 Å². The smallest absolute Gasteiger partial charge is 0.316 e. The quantitative estimate of drug-likeness (QED) is 0.695. The highest BCUT2D eigenvalue weighted by molar-refractivity contribution is 5.88. The first-order valence-electron chi connectivity index (χ1n) is 9.32. The lowest BCUT2D eigenvalue weighted by atomic mass is 10.1. The van der Waals surface area contributed by atoms with Crippen molar-refractivity contribution in [3.63, 3.8) is 0 Å². The molecule has 0 unspecified atom stereocenters. The summed E-state index contributed by atoms with van der Waals surface area (Å²) in [5.41, 5.74) is 9.64.